The Morgan fingerprint density at radius 2 is 0.968 bits per heavy atom. The average molecular weight is 479 g/mol. The van der Waals surface area contributed by atoms with Gasteiger partial charge in [0.25, 0.3) is 0 Å². The van der Waals surface area contributed by atoms with Crippen molar-refractivity contribution in [2.24, 2.45) is 5.34 Å². The topological polar surface area (TPSA) is 145 Å². The zero-order valence-electron chi connectivity index (χ0n) is 20.0. The molecule has 2 rings (SSSR count). The van der Waals surface area contributed by atoms with Crippen molar-refractivity contribution in [1.82, 2.24) is 0 Å². The van der Waals surface area contributed by atoms with Gasteiger partial charge in [0.1, 0.15) is 5.34 Å². The van der Waals surface area contributed by atoms with E-state index in [-0.39, 0.29) is 57.4 Å². The molecule has 9 nitrogen and oxygen atoms in total. The van der Waals surface area contributed by atoms with Crippen molar-refractivity contribution in [1.29, 1.82) is 0 Å². The predicted molar refractivity (Wildman–Crippen MR) is 119 cm³/mol. The Hall–Kier alpha value is -0.460. The summed E-state index contributed by atoms with van der Waals surface area (Å²) < 4.78 is 0. The number of aliphatic hydroxyl groups excluding tert-OH is 2. The van der Waals surface area contributed by atoms with Gasteiger partial charge in [-0.15, -0.1) is 4.91 Å². The Labute approximate surface area is 210 Å². The molecule has 192 valence electrons. The van der Waals surface area contributed by atoms with E-state index < -0.39 is 0 Å². The van der Waals surface area contributed by atoms with E-state index in [1.165, 1.54) is 50.3 Å². The summed E-state index contributed by atoms with van der Waals surface area (Å²) >= 11 is 0. The first-order valence-electron chi connectivity index (χ1n) is 9.87. The van der Waals surface area contributed by atoms with Crippen LogP contribution in [0.4, 0.5) is 9.41 Å². The number of hydrogen-bond acceptors (Lipinski definition) is 8. The largest absolute Gasteiger partial charge is 1.00 e. The molecule has 2 aliphatic rings. The summed E-state index contributed by atoms with van der Waals surface area (Å²) in [5.74, 6) is 0. The van der Waals surface area contributed by atoms with Crippen molar-refractivity contribution in [2.75, 3.05) is 14.2 Å². The number of nitrogens with zero attached hydrogens (tertiary/aromatic N) is 2. The fourth-order valence-corrected chi connectivity index (χ4v) is 2.35. The maximum Gasteiger partial charge on any atom is 1.00 e. The van der Waals surface area contributed by atoms with Crippen LogP contribution in [0.2, 0.25) is 0 Å². The second-order valence-electron chi connectivity index (χ2n) is 4.85. The van der Waals surface area contributed by atoms with Crippen molar-refractivity contribution in [3.8, 4) is 0 Å². The summed E-state index contributed by atoms with van der Waals surface area (Å²) in [5, 5.41) is 33.9. The second-order valence-corrected chi connectivity index (χ2v) is 4.85. The normalized spacial score (nSPS) is 12.4. The van der Waals surface area contributed by atoms with Crippen LogP contribution in [0.15, 0.2) is 5.34 Å². The number of hydrogen-bond donors (Lipinski definition) is 2. The van der Waals surface area contributed by atoms with Crippen molar-refractivity contribution in [3.63, 3.8) is 0 Å². The van der Waals surface area contributed by atoms with Crippen LogP contribution in [0.5, 0.6) is 0 Å². The van der Waals surface area contributed by atoms with Crippen LogP contribution in [0, 0.1) is 15.0 Å². The van der Waals surface area contributed by atoms with Gasteiger partial charge in [-0.2, -0.15) is 0 Å². The quantitative estimate of drug-likeness (QED) is 0.203. The van der Waals surface area contributed by atoms with Gasteiger partial charge >= 0.3 is 29.6 Å². The molecule has 2 saturated carbocycles. The molecule has 0 aromatic heterocycles. The van der Waals surface area contributed by atoms with Crippen LogP contribution in [0.25, 0.3) is 0 Å². The molecule has 0 spiro atoms. The van der Waals surface area contributed by atoms with Gasteiger partial charge in [-0.1, -0.05) is 80.1 Å². The Bertz CT molecular complexity index is 242. The maximum absolute atomic E-state index is 10.2. The van der Waals surface area contributed by atoms with E-state index in [1.54, 1.807) is 0 Å². The van der Waals surface area contributed by atoms with E-state index in [2.05, 4.69) is 4.99 Å². The van der Waals surface area contributed by atoms with Crippen LogP contribution in [0.1, 0.15) is 106 Å². The zero-order valence-corrected chi connectivity index (χ0v) is 22.0. The third kappa shape index (κ3) is 65.2. The van der Waals surface area contributed by atoms with Gasteiger partial charge < -0.3 is 20.5 Å². The monoisotopic (exact) mass is 478 g/mol. The molecular weight excluding hydrogens is 429 g/mol. The molecule has 2 aliphatic carbocycles. The predicted octanol–water partition coefficient (Wildman–Crippen LogP) is 2.11. The second kappa shape index (κ2) is 70.0. The average Bonchev–Trinajstić information content (AvgIpc) is 2.81. The Morgan fingerprint density at radius 3 is 1.10 bits per heavy atom. The minimum absolute atomic E-state index is 0. The van der Waals surface area contributed by atoms with Crippen molar-refractivity contribution < 1.29 is 64.3 Å². The molecule has 0 saturated heterocycles. The smallest absolute Gasteiger partial charge is 0.635 e. The third-order valence-electron chi connectivity index (χ3n) is 3.40. The minimum Gasteiger partial charge on any atom is -0.635 e. The number of nitro groups is 1. The van der Waals surface area contributed by atoms with E-state index in [9.17, 15) is 10.1 Å². The summed E-state index contributed by atoms with van der Waals surface area (Å²) in [4.78, 5) is 20.8. The van der Waals surface area contributed by atoms with Crippen LogP contribution in [-0.2, 0) is 4.99 Å². The number of aliphatic hydroxyl groups is 2. The minimum atomic E-state index is -0.223. The van der Waals surface area contributed by atoms with Crippen molar-refractivity contribution in [3.05, 3.63) is 15.0 Å². The van der Waals surface area contributed by atoms with Gasteiger partial charge in [0.2, 0.25) is 6.04 Å². The van der Waals surface area contributed by atoms with E-state index in [0.29, 0.717) is 0 Å². The molecule has 0 aliphatic heterocycles. The van der Waals surface area contributed by atoms with E-state index in [0.717, 1.165) is 39.9 Å². The fraction of sp³-hybridized carbons (Fsp3) is 1.00. The number of halogens is 2. The first-order valence-corrected chi connectivity index (χ1v) is 9.87. The summed E-state index contributed by atoms with van der Waals surface area (Å²) in [6.07, 6.45) is 13.9. The molecule has 0 bridgehead atoms. The third-order valence-corrected chi connectivity index (χ3v) is 3.40. The molecule has 0 aromatic carbocycles. The van der Waals surface area contributed by atoms with Crippen molar-refractivity contribution in [2.45, 2.75) is 112 Å². The Kier molecular flexibility index (Phi) is 130. The van der Waals surface area contributed by atoms with Gasteiger partial charge in [0.05, 0.1) is 0 Å². The Balaban J connectivity index is -0.0000000282. The van der Waals surface area contributed by atoms with E-state index >= 15 is 0 Å². The standard InChI is InChI=1S/C6H11NO2.C6H12.2C2H6.2CH4O.CH4.2FH.HNO3.Na/c8-7(9)6-4-2-1-3-5-6;1-2-4-6-5-3-1;4*1-2;;;;2-1-4-3;/h6H,1-5H2;1-6H2;2*1-2H3;2*2H,1H3;1H4;2*1H;3H;/q;;;;;;;;;;+1/p-1. The van der Waals surface area contributed by atoms with Gasteiger partial charge in [0.15, 0.2) is 0 Å². The molecule has 0 radical (unpaired) electrons. The molecule has 12 heteroatoms. The SMILES string of the molecule is C.C1CCCCC1.CC.CC.CO.CO.F.F.O=NO[O-].O=[N+]([O-])C1CCCCC1.[Na+]. The first-order chi connectivity index (χ1) is 13.2. The maximum atomic E-state index is 10.2. The molecule has 0 amide bonds. The van der Waals surface area contributed by atoms with Crippen LogP contribution < -0.4 is 34.8 Å². The summed E-state index contributed by atoms with van der Waals surface area (Å²) in [5.41, 5.74) is 0. The van der Waals surface area contributed by atoms with E-state index in [1.807, 2.05) is 27.7 Å². The molecule has 2 fully saturated rings. The molecule has 2 N–H and O–H groups in total. The van der Waals surface area contributed by atoms with Crippen LogP contribution in [0.3, 0.4) is 0 Å². The van der Waals surface area contributed by atoms with Crippen molar-refractivity contribution >= 4 is 0 Å². The van der Waals surface area contributed by atoms with Gasteiger partial charge in [-0.05, 0) is 12.8 Å². The summed E-state index contributed by atoms with van der Waals surface area (Å²) in [6, 6.07) is -0.223. The summed E-state index contributed by atoms with van der Waals surface area (Å²) in [6.45, 7) is 8.00. The van der Waals surface area contributed by atoms with Gasteiger partial charge in [-0.25, -0.2) is 0 Å². The molecule has 0 heterocycles. The van der Waals surface area contributed by atoms with Gasteiger partial charge in [-0.3, -0.25) is 19.5 Å². The zero-order chi connectivity index (χ0) is 22.3. The number of rotatable bonds is 2. The van der Waals surface area contributed by atoms with Gasteiger partial charge in [0, 0.05) is 32.0 Å². The fourth-order valence-electron chi connectivity index (χ4n) is 2.35. The van der Waals surface area contributed by atoms with Crippen LogP contribution in [-0.4, -0.2) is 35.4 Å². The first kappa shape index (κ1) is 57.4. The molecular formula is C19H49F2N2NaO7. The Morgan fingerprint density at radius 1 is 0.774 bits per heavy atom. The summed E-state index contributed by atoms with van der Waals surface area (Å²) in [7, 11) is 2.00. The van der Waals surface area contributed by atoms with Crippen LogP contribution >= 0.6 is 0 Å². The molecule has 31 heavy (non-hydrogen) atoms. The molecule has 0 unspecified atom stereocenters. The molecule has 0 aromatic rings. The van der Waals surface area contributed by atoms with E-state index in [4.69, 9.17) is 20.4 Å². The molecule has 0 atom stereocenters.